The maximum atomic E-state index is 11.8. The lowest BCUT2D eigenvalue weighted by Crippen LogP contribution is -2.28. The Morgan fingerprint density at radius 2 is 2.24 bits per heavy atom. The van der Waals surface area contributed by atoms with Crippen LogP contribution in [0.5, 0.6) is 5.75 Å². The van der Waals surface area contributed by atoms with Gasteiger partial charge in [-0.3, -0.25) is 9.78 Å². The number of pyridine rings is 1. The Morgan fingerprint density at radius 3 is 2.90 bits per heavy atom. The topological polar surface area (TPSA) is 51.2 Å². The van der Waals surface area contributed by atoms with Crippen LogP contribution in [0, 0.1) is 6.92 Å². The number of aryl methyl sites for hydroxylation is 1. The molecule has 0 saturated heterocycles. The van der Waals surface area contributed by atoms with Crippen molar-refractivity contribution in [3.63, 3.8) is 0 Å². The van der Waals surface area contributed by atoms with E-state index in [0.29, 0.717) is 17.3 Å². The second-order valence-corrected chi connectivity index (χ2v) is 5.74. The van der Waals surface area contributed by atoms with Gasteiger partial charge in [0.15, 0.2) is 6.61 Å². The zero-order chi connectivity index (χ0) is 15.2. The molecule has 6 heteroatoms. The molecule has 0 unspecified atom stereocenters. The molecule has 21 heavy (non-hydrogen) atoms. The normalized spacial score (nSPS) is 10.2. The van der Waals surface area contributed by atoms with Gasteiger partial charge in [-0.2, -0.15) is 0 Å². The maximum Gasteiger partial charge on any atom is 0.258 e. The van der Waals surface area contributed by atoms with Gasteiger partial charge >= 0.3 is 0 Å². The Labute approximate surface area is 136 Å². The fourth-order valence-corrected chi connectivity index (χ4v) is 2.78. The van der Waals surface area contributed by atoms with Crippen molar-refractivity contribution in [3.05, 3.63) is 57.3 Å². The first-order valence-electron chi connectivity index (χ1n) is 6.31. The quantitative estimate of drug-likeness (QED) is 0.877. The first kappa shape index (κ1) is 15.8. The third-order valence-corrected chi connectivity index (χ3v) is 3.47. The number of ether oxygens (including phenoxy) is 1. The van der Waals surface area contributed by atoms with Gasteiger partial charge < -0.3 is 10.1 Å². The monoisotopic (exact) mass is 368 g/mol. The van der Waals surface area contributed by atoms with E-state index in [2.05, 4.69) is 26.2 Å². The summed E-state index contributed by atoms with van der Waals surface area (Å²) in [7, 11) is 0. The molecule has 4 nitrogen and oxygen atoms in total. The zero-order valence-electron chi connectivity index (χ0n) is 11.4. The van der Waals surface area contributed by atoms with Crippen molar-refractivity contribution in [1.29, 1.82) is 0 Å². The molecule has 110 valence electrons. The summed E-state index contributed by atoms with van der Waals surface area (Å²) in [6.07, 6.45) is 1.68. The van der Waals surface area contributed by atoms with Crippen LogP contribution in [-0.4, -0.2) is 17.5 Å². The first-order chi connectivity index (χ1) is 10.1. The number of nitrogens with zero attached hydrogens (tertiary/aromatic N) is 1. The van der Waals surface area contributed by atoms with Crippen LogP contribution in [0.25, 0.3) is 0 Å². The van der Waals surface area contributed by atoms with Crippen LogP contribution in [0.4, 0.5) is 0 Å². The predicted octanol–water partition coefficient (Wildman–Crippen LogP) is 3.50. The number of hydrogen-bond acceptors (Lipinski definition) is 3. The van der Waals surface area contributed by atoms with Crippen LogP contribution in [-0.2, 0) is 11.3 Å². The van der Waals surface area contributed by atoms with Crippen LogP contribution in [0.2, 0.25) is 5.02 Å². The number of carbonyl (C=O) groups excluding carboxylic acids is 1. The zero-order valence-corrected chi connectivity index (χ0v) is 13.7. The molecule has 0 radical (unpaired) electrons. The van der Waals surface area contributed by atoms with E-state index in [1.807, 2.05) is 31.2 Å². The number of aromatic nitrogens is 1. The van der Waals surface area contributed by atoms with E-state index in [-0.39, 0.29) is 12.5 Å². The van der Waals surface area contributed by atoms with Gasteiger partial charge in [-0.25, -0.2) is 0 Å². The highest BCUT2D eigenvalue weighted by Crippen LogP contribution is 2.31. The van der Waals surface area contributed by atoms with Crippen molar-refractivity contribution in [2.45, 2.75) is 13.5 Å². The number of rotatable bonds is 5. The third-order valence-electron chi connectivity index (χ3n) is 2.73. The van der Waals surface area contributed by atoms with Gasteiger partial charge in [0.1, 0.15) is 5.75 Å². The molecule has 2 aromatic rings. The van der Waals surface area contributed by atoms with Crippen LogP contribution >= 0.6 is 27.5 Å². The van der Waals surface area contributed by atoms with Crippen LogP contribution < -0.4 is 10.1 Å². The van der Waals surface area contributed by atoms with E-state index in [1.165, 1.54) is 0 Å². The third kappa shape index (κ3) is 4.72. The maximum absolute atomic E-state index is 11.8. The molecule has 1 heterocycles. The van der Waals surface area contributed by atoms with E-state index in [0.717, 1.165) is 15.7 Å². The van der Waals surface area contributed by atoms with Crippen molar-refractivity contribution in [3.8, 4) is 5.75 Å². The second kappa shape index (κ2) is 7.43. The fraction of sp³-hybridized carbons (Fsp3) is 0.200. The fourth-order valence-electron chi connectivity index (χ4n) is 1.75. The SMILES string of the molecule is Cc1cc(Br)cc(Cl)c1OCC(=O)NCc1ccccn1. The lowest BCUT2D eigenvalue weighted by Gasteiger charge is -2.11. The molecule has 0 saturated carbocycles. The molecular weight excluding hydrogens is 356 g/mol. The summed E-state index contributed by atoms with van der Waals surface area (Å²) in [6.45, 7) is 2.16. The second-order valence-electron chi connectivity index (χ2n) is 4.42. The number of halogens is 2. The Bertz CT molecular complexity index is 612. The average molecular weight is 370 g/mol. The first-order valence-corrected chi connectivity index (χ1v) is 7.48. The lowest BCUT2D eigenvalue weighted by atomic mass is 10.2. The smallest absolute Gasteiger partial charge is 0.258 e. The Balaban J connectivity index is 1.87. The largest absolute Gasteiger partial charge is 0.482 e. The summed E-state index contributed by atoms with van der Waals surface area (Å²) in [5.74, 6) is 0.298. The number of hydrogen-bond donors (Lipinski definition) is 1. The van der Waals surface area contributed by atoms with Crippen molar-refractivity contribution in [2.75, 3.05) is 6.61 Å². The molecule has 0 spiro atoms. The van der Waals surface area contributed by atoms with Gasteiger partial charge in [0.05, 0.1) is 17.3 Å². The van der Waals surface area contributed by atoms with Crippen molar-refractivity contribution in [1.82, 2.24) is 10.3 Å². The van der Waals surface area contributed by atoms with Crippen LogP contribution in [0.3, 0.4) is 0 Å². The lowest BCUT2D eigenvalue weighted by molar-refractivity contribution is -0.123. The molecule has 0 bridgehead atoms. The number of nitrogens with one attached hydrogen (secondary N) is 1. The highest BCUT2D eigenvalue weighted by atomic mass is 79.9. The highest BCUT2D eigenvalue weighted by molar-refractivity contribution is 9.10. The summed E-state index contributed by atoms with van der Waals surface area (Å²) in [4.78, 5) is 15.9. The minimum absolute atomic E-state index is 0.0883. The standard InChI is InChI=1S/C15H14BrClN2O2/c1-10-6-11(16)7-13(17)15(10)21-9-14(20)19-8-12-4-2-3-5-18-12/h2-7H,8-9H2,1H3,(H,19,20). The van der Waals surface area contributed by atoms with Crippen molar-refractivity contribution < 1.29 is 9.53 Å². The molecule has 1 aromatic heterocycles. The molecule has 0 aliphatic heterocycles. The van der Waals surface area contributed by atoms with Gasteiger partial charge in [-0.15, -0.1) is 0 Å². The number of amides is 1. The van der Waals surface area contributed by atoms with Gasteiger partial charge in [0.25, 0.3) is 5.91 Å². The minimum atomic E-state index is -0.223. The van der Waals surface area contributed by atoms with E-state index >= 15 is 0 Å². The van der Waals surface area contributed by atoms with Crippen molar-refractivity contribution >= 4 is 33.4 Å². The average Bonchev–Trinajstić information content (AvgIpc) is 2.45. The Hall–Kier alpha value is -1.59. The van der Waals surface area contributed by atoms with E-state index in [9.17, 15) is 4.79 Å². The van der Waals surface area contributed by atoms with Crippen molar-refractivity contribution in [2.24, 2.45) is 0 Å². The van der Waals surface area contributed by atoms with Gasteiger partial charge in [-0.1, -0.05) is 33.6 Å². The highest BCUT2D eigenvalue weighted by Gasteiger charge is 2.10. The number of benzene rings is 1. The van der Waals surface area contributed by atoms with Gasteiger partial charge in [-0.05, 0) is 36.8 Å². The molecule has 1 aromatic carbocycles. The summed E-state index contributed by atoms with van der Waals surface area (Å²) >= 11 is 9.45. The van der Waals surface area contributed by atoms with Gasteiger partial charge in [0.2, 0.25) is 0 Å². The summed E-state index contributed by atoms with van der Waals surface area (Å²) in [5, 5.41) is 3.21. The van der Waals surface area contributed by atoms with E-state index in [4.69, 9.17) is 16.3 Å². The molecule has 0 aliphatic rings. The molecule has 1 N–H and O–H groups in total. The molecule has 2 rings (SSSR count). The van der Waals surface area contributed by atoms with Crippen LogP contribution in [0.1, 0.15) is 11.3 Å². The molecular formula is C15H14BrClN2O2. The molecule has 0 atom stereocenters. The predicted molar refractivity (Wildman–Crippen MR) is 85.5 cm³/mol. The van der Waals surface area contributed by atoms with Gasteiger partial charge in [0, 0.05) is 10.7 Å². The molecule has 1 amide bonds. The molecule has 0 fully saturated rings. The Kier molecular flexibility index (Phi) is 5.59. The minimum Gasteiger partial charge on any atom is -0.482 e. The van der Waals surface area contributed by atoms with E-state index < -0.39 is 0 Å². The van der Waals surface area contributed by atoms with E-state index in [1.54, 1.807) is 12.3 Å². The summed E-state index contributed by atoms with van der Waals surface area (Å²) < 4.78 is 6.36. The molecule has 0 aliphatic carbocycles. The number of carbonyl (C=O) groups is 1. The van der Waals surface area contributed by atoms with Crippen LogP contribution in [0.15, 0.2) is 41.0 Å². The Morgan fingerprint density at radius 1 is 1.43 bits per heavy atom. The summed E-state index contributed by atoms with van der Waals surface area (Å²) in [5.41, 5.74) is 1.66. The summed E-state index contributed by atoms with van der Waals surface area (Å²) in [6, 6.07) is 9.16.